The molecule has 1 aliphatic heterocycles. The van der Waals surface area contributed by atoms with Crippen molar-refractivity contribution in [3.8, 4) is 11.5 Å². The third-order valence-electron chi connectivity index (χ3n) is 4.98. The minimum Gasteiger partial charge on any atom is -0.454 e. The predicted octanol–water partition coefficient (Wildman–Crippen LogP) is 3.40. The molecule has 0 unspecified atom stereocenters. The van der Waals surface area contributed by atoms with Gasteiger partial charge >= 0.3 is 5.97 Å². The number of hydrogen-bond donors (Lipinski definition) is 1. The molecule has 0 fully saturated rings. The van der Waals surface area contributed by atoms with Gasteiger partial charge in [-0.3, -0.25) is 4.79 Å². The summed E-state index contributed by atoms with van der Waals surface area (Å²) in [5.41, 5.74) is 3.58. The SMILES string of the molecule is Cc1ccc(Cn2nc(C)c(C(=O)OCC(=O)NCc3ccc4c(c3)OCO4)c2Cl)cc1. The topological polar surface area (TPSA) is 91.7 Å². The monoisotopic (exact) mass is 455 g/mol. The lowest BCUT2D eigenvalue weighted by atomic mass is 10.1. The fourth-order valence-corrected chi connectivity index (χ4v) is 3.57. The molecule has 3 aromatic rings. The number of amides is 1. The summed E-state index contributed by atoms with van der Waals surface area (Å²) in [5, 5.41) is 7.22. The molecule has 32 heavy (non-hydrogen) atoms. The molecule has 0 atom stereocenters. The molecular weight excluding hydrogens is 434 g/mol. The van der Waals surface area contributed by atoms with Gasteiger partial charge in [0.15, 0.2) is 18.1 Å². The maximum absolute atomic E-state index is 12.5. The van der Waals surface area contributed by atoms with Crippen molar-refractivity contribution in [1.82, 2.24) is 15.1 Å². The lowest BCUT2D eigenvalue weighted by Crippen LogP contribution is -2.28. The average molecular weight is 456 g/mol. The van der Waals surface area contributed by atoms with Crippen LogP contribution in [0.4, 0.5) is 0 Å². The maximum Gasteiger partial charge on any atom is 0.343 e. The molecule has 0 saturated heterocycles. The van der Waals surface area contributed by atoms with Gasteiger partial charge < -0.3 is 19.5 Å². The van der Waals surface area contributed by atoms with Gasteiger partial charge in [-0.2, -0.15) is 5.10 Å². The van der Waals surface area contributed by atoms with Crippen molar-refractivity contribution in [2.24, 2.45) is 0 Å². The van der Waals surface area contributed by atoms with Crippen LogP contribution < -0.4 is 14.8 Å². The number of halogens is 1. The third kappa shape index (κ3) is 4.86. The fourth-order valence-electron chi connectivity index (χ4n) is 3.26. The van der Waals surface area contributed by atoms with Crippen LogP contribution >= 0.6 is 11.6 Å². The highest BCUT2D eigenvalue weighted by Gasteiger charge is 2.22. The highest BCUT2D eigenvalue weighted by atomic mass is 35.5. The Balaban J connectivity index is 1.32. The van der Waals surface area contributed by atoms with Gasteiger partial charge in [-0.05, 0) is 37.1 Å². The number of rotatable bonds is 7. The van der Waals surface area contributed by atoms with E-state index < -0.39 is 18.5 Å². The van der Waals surface area contributed by atoms with Gasteiger partial charge in [0.2, 0.25) is 6.79 Å². The number of carbonyl (C=O) groups excluding carboxylic acids is 2. The number of benzene rings is 2. The highest BCUT2D eigenvalue weighted by molar-refractivity contribution is 6.32. The smallest absolute Gasteiger partial charge is 0.343 e. The van der Waals surface area contributed by atoms with Crippen molar-refractivity contribution in [2.45, 2.75) is 26.9 Å². The largest absolute Gasteiger partial charge is 0.454 e. The van der Waals surface area contributed by atoms with Crippen LogP contribution in [0.25, 0.3) is 0 Å². The number of carbonyl (C=O) groups is 2. The van der Waals surface area contributed by atoms with E-state index in [1.165, 1.54) is 4.68 Å². The van der Waals surface area contributed by atoms with Gasteiger partial charge in [0.25, 0.3) is 5.91 Å². The van der Waals surface area contributed by atoms with Crippen LogP contribution in [0.15, 0.2) is 42.5 Å². The van der Waals surface area contributed by atoms with Gasteiger partial charge in [0.05, 0.1) is 12.2 Å². The summed E-state index contributed by atoms with van der Waals surface area (Å²) in [6.07, 6.45) is 0. The molecule has 0 aliphatic carbocycles. The number of hydrogen-bond acceptors (Lipinski definition) is 6. The molecule has 4 rings (SSSR count). The fraction of sp³-hybridized carbons (Fsp3) is 0.261. The summed E-state index contributed by atoms with van der Waals surface area (Å²) in [5.74, 6) is 0.179. The van der Waals surface area contributed by atoms with E-state index in [4.69, 9.17) is 25.8 Å². The Bertz CT molecular complexity index is 1160. The molecule has 2 aromatic carbocycles. The molecule has 0 bridgehead atoms. The van der Waals surface area contributed by atoms with E-state index in [2.05, 4.69) is 10.4 Å². The molecule has 1 aromatic heterocycles. The van der Waals surface area contributed by atoms with Crippen molar-refractivity contribution in [3.63, 3.8) is 0 Å². The predicted molar refractivity (Wildman–Crippen MR) is 117 cm³/mol. The van der Waals surface area contributed by atoms with E-state index in [-0.39, 0.29) is 24.1 Å². The molecule has 9 heteroatoms. The lowest BCUT2D eigenvalue weighted by molar-refractivity contribution is -0.124. The van der Waals surface area contributed by atoms with E-state index in [0.717, 1.165) is 16.7 Å². The van der Waals surface area contributed by atoms with Crippen LogP contribution in [-0.4, -0.2) is 35.1 Å². The maximum atomic E-state index is 12.5. The number of fused-ring (bicyclic) bond motifs is 1. The zero-order valence-electron chi connectivity index (χ0n) is 17.7. The number of aryl methyl sites for hydroxylation is 2. The molecule has 2 heterocycles. The van der Waals surface area contributed by atoms with Crippen LogP contribution in [0.1, 0.15) is 32.7 Å². The molecule has 1 N–H and O–H groups in total. The standard InChI is InChI=1S/C23H22ClN3O5/c1-14-3-5-16(6-4-14)11-27-22(24)21(15(2)26-27)23(29)30-12-20(28)25-10-17-7-8-18-19(9-17)32-13-31-18/h3-9H,10-13H2,1-2H3,(H,25,28). The normalized spacial score (nSPS) is 12.0. The third-order valence-corrected chi connectivity index (χ3v) is 5.37. The molecule has 0 saturated carbocycles. The summed E-state index contributed by atoms with van der Waals surface area (Å²) >= 11 is 6.39. The van der Waals surface area contributed by atoms with Crippen LogP contribution in [0.2, 0.25) is 5.15 Å². The molecule has 0 radical (unpaired) electrons. The Morgan fingerprint density at radius 2 is 1.81 bits per heavy atom. The van der Waals surface area contributed by atoms with Crippen LogP contribution in [0.3, 0.4) is 0 Å². The van der Waals surface area contributed by atoms with E-state index >= 15 is 0 Å². The van der Waals surface area contributed by atoms with Crippen molar-refractivity contribution in [2.75, 3.05) is 13.4 Å². The zero-order valence-corrected chi connectivity index (χ0v) is 18.4. The first-order valence-corrected chi connectivity index (χ1v) is 10.4. The second kappa shape index (κ2) is 9.32. The number of aromatic nitrogens is 2. The Kier molecular flexibility index (Phi) is 6.32. The van der Waals surface area contributed by atoms with Crippen LogP contribution in [0.5, 0.6) is 11.5 Å². The van der Waals surface area contributed by atoms with Gasteiger partial charge in [0.1, 0.15) is 10.7 Å². The van der Waals surface area contributed by atoms with Crippen molar-refractivity contribution in [3.05, 3.63) is 75.6 Å². The number of ether oxygens (including phenoxy) is 3. The number of nitrogens with one attached hydrogen (secondary N) is 1. The second-order valence-corrected chi connectivity index (χ2v) is 7.79. The van der Waals surface area contributed by atoms with Crippen LogP contribution in [-0.2, 0) is 22.6 Å². The summed E-state index contributed by atoms with van der Waals surface area (Å²) < 4.78 is 17.3. The number of esters is 1. The van der Waals surface area contributed by atoms with Gasteiger partial charge in [-0.1, -0.05) is 47.5 Å². The summed E-state index contributed by atoms with van der Waals surface area (Å²) in [4.78, 5) is 24.7. The first-order valence-electron chi connectivity index (χ1n) is 10.0. The van der Waals surface area contributed by atoms with Crippen LogP contribution in [0, 0.1) is 13.8 Å². The van der Waals surface area contributed by atoms with Gasteiger partial charge in [-0.15, -0.1) is 0 Å². The summed E-state index contributed by atoms with van der Waals surface area (Å²) in [7, 11) is 0. The molecule has 166 valence electrons. The molecule has 1 aliphatic rings. The Morgan fingerprint density at radius 3 is 2.59 bits per heavy atom. The van der Waals surface area contributed by atoms with Crippen molar-refractivity contribution >= 4 is 23.5 Å². The summed E-state index contributed by atoms with van der Waals surface area (Å²) in [6, 6.07) is 13.3. The van der Waals surface area contributed by atoms with E-state index in [1.807, 2.05) is 37.3 Å². The highest BCUT2D eigenvalue weighted by Crippen LogP contribution is 2.32. The average Bonchev–Trinajstić information content (AvgIpc) is 3.35. The Labute approximate surface area is 190 Å². The first-order chi connectivity index (χ1) is 15.4. The van der Waals surface area contributed by atoms with E-state index in [9.17, 15) is 9.59 Å². The first kappa shape index (κ1) is 21.7. The minimum atomic E-state index is -0.694. The number of nitrogens with zero attached hydrogens (tertiary/aromatic N) is 2. The molecule has 1 amide bonds. The van der Waals surface area contributed by atoms with Gasteiger partial charge in [0, 0.05) is 6.54 Å². The molecular formula is C23H22ClN3O5. The Hall–Kier alpha value is -3.52. The summed E-state index contributed by atoms with van der Waals surface area (Å²) in [6.45, 7) is 4.12. The van der Waals surface area contributed by atoms with Crippen molar-refractivity contribution < 1.29 is 23.8 Å². The Morgan fingerprint density at radius 1 is 1.09 bits per heavy atom. The van der Waals surface area contributed by atoms with E-state index in [1.54, 1.807) is 19.1 Å². The van der Waals surface area contributed by atoms with Gasteiger partial charge in [-0.25, -0.2) is 9.48 Å². The zero-order chi connectivity index (χ0) is 22.7. The second-order valence-electron chi connectivity index (χ2n) is 7.43. The quantitative estimate of drug-likeness (QED) is 0.549. The van der Waals surface area contributed by atoms with Crippen molar-refractivity contribution in [1.29, 1.82) is 0 Å². The lowest BCUT2D eigenvalue weighted by Gasteiger charge is -2.08. The minimum absolute atomic E-state index is 0.155. The molecule has 8 nitrogen and oxygen atoms in total. The van der Waals surface area contributed by atoms with E-state index in [0.29, 0.717) is 23.7 Å². The molecule has 0 spiro atoms.